The number of nitrogens with one attached hydrogen (secondary N) is 2. The standard InChI is InChI=1S/C31H35N3O5/c35-30-21-34(19-24-7-3-1-4-8-24)20-26-11-10-25(18-28(26)37-16-6-2-5-14-32-30)31(36)33-15-13-23-9-12-27-29(17-23)39-22-38-27/h1,3-4,7-12,17-18H,2,5-6,13-16,19-22H2,(H,32,35)(H,33,36). The molecule has 2 amide bonds. The Hall–Kier alpha value is -4.04. The van der Waals surface area contributed by atoms with Crippen molar-refractivity contribution < 1.29 is 23.8 Å². The minimum atomic E-state index is -0.148. The summed E-state index contributed by atoms with van der Waals surface area (Å²) in [6.07, 6.45) is 3.44. The van der Waals surface area contributed by atoms with E-state index in [0.29, 0.717) is 50.5 Å². The molecule has 3 aromatic carbocycles. The monoisotopic (exact) mass is 529 g/mol. The summed E-state index contributed by atoms with van der Waals surface area (Å²) < 4.78 is 17.0. The van der Waals surface area contributed by atoms with Gasteiger partial charge in [-0.05, 0) is 61.1 Å². The van der Waals surface area contributed by atoms with Gasteiger partial charge < -0.3 is 24.8 Å². The minimum absolute atomic E-state index is 0.0195. The molecule has 3 aromatic rings. The highest BCUT2D eigenvalue weighted by Gasteiger charge is 2.18. The molecule has 0 fully saturated rings. The molecule has 0 saturated carbocycles. The third kappa shape index (κ3) is 7.51. The van der Waals surface area contributed by atoms with Crippen molar-refractivity contribution in [3.63, 3.8) is 0 Å². The smallest absolute Gasteiger partial charge is 0.251 e. The van der Waals surface area contributed by atoms with Gasteiger partial charge >= 0.3 is 0 Å². The summed E-state index contributed by atoms with van der Waals surface area (Å²) in [6.45, 7) is 3.43. The number of hydrogen-bond donors (Lipinski definition) is 2. The summed E-state index contributed by atoms with van der Waals surface area (Å²) in [5.74, 6) is 2.05. The maximum atomic E-state index is 13.0. The van der Waals surface area contributed by atoms with Gasteiger partial charge in [0.05, 0.1) is 13.2 Å². The van der Waals surface area contributed by atoms with Gasteiger partial charge in [0.15, 0.2) is 11.5 Å². The quantitative estimate of drug-likeness (QED) is 0.501. The second-order valence-electron chi connectivity index (χ2n) is 9.91. The average Bonchev–Trinajstić information content (AvgIpc) is 3.41. The van der Waals surface area contributed by atoms with Crippen LogP contribution in [0.4, 0.5) is 0 Å². The van der Waals surface area contributed by atoms with E-state index in [-0.39, 0.29) is 25.2 Å². The Labute approximate surface area is 229 Å². The van der Waals surface area contributed by atoms with Gasteiger partial charge in [-0.3, -0.25) is 14.5 Å². The Morgan fingerprint density at radius 2 is 1.72 bits per heavy atom. The third-order valence-corrected chi connectivity index (χ3v) is 6.88. The van der Waals surface area contributed by atoms with Crippen LogP contribution >= 0.6 is 0 Å². The number of rotatable bonds is 6. The van der Waals surface area contributed by atoms with Crippen LogP contribution in [0, 0.1) is 0 Å². The van der Waals surface area contributed by atoms with Crippen molar-refractivity contribution in [1.29, 1.82) is 0 Å². The molecule has 5 rings (SSSR count). The van der Waals surface area contributed by atoms with Crippen LogP contribution in [0.1, 0.15) is 46.3 Å². The molecule has 0 aliphatic carbocycles. The predicted molar refractivity (Wildman–Crippen MR) is 148 cm³/mol. The molecule has 0 unspecified atom stereocenters. The zero-order valence-corrected chi connectivity index (χ0v) is 22.1. The molecule has 8 nitrogen and oxygen atoms in total. The van der Waals surface area contributed by atoms with Crippen molar-refractivity contribution in [2.24, 2.45) is 0 Å². The zero-order chi connectivity index (χ0) is 26.9. The average molecular weight is 530 g/mol. The number of nitrogens with zero attached hydrogens (tertiary/aromatic N) is 1. The van der Waals surface area contributed by atoms with Gasteiger partial charge in [0.1, 0.15) is 5.75 Å². The molecular formula is C31H35N3O5. The molecule has 8 heteroatoms. The van der Waals surface area contributed by atoms with Crippen molar-refractivity contribution in [2.75, 3.05) is 33.0 Å². The first kappa shape index (κ1) is 26.6. The van der Waals surface area contributed by atoms with Gasteiger partial charge in [0, 0.05) is 37.3 Å². The first-order valence-electron chi connectivity index (χ1n) is 13.6. The van der Waals surface area contributed by atoms with Gasteiger partial charge in [-0.15, -0.1) is 0 Å². The van der Waals surface area contributed by atoms with Crippen LogP contribution in [0.25, 0.3) is 0 Å². The van der Waals surface area contributed by atoms with Crippen LogP contribution in [-0.2, 0) is 24.3 Å². The normalized spacial score (nSPS) is 16.1. The van der Waals surface area contributed by atoms with Gasteiger partial charge in [-0.1, -0.05) is 42.5 Å². The van der Waals surface area contributed by atoms with Crippen molar-refractivity contribution in [3.05, 3.63) is 89.0 Å². The second kappa shape index (κ2) is 13.2. The third-order valence-electron chi connectivity index (χ3n) is 6.88. The second-order valence-corrected chi connectivity index (χ2v) is 9.91. The highest BCUT2D eigenvalue weighted by atomic mass is 16.7. The minimum Gasteiger partial charge on any atom is -0.493 e. The molecule has 0 atom stereocenters. The fourth-order valence-electron chi connectivity index (χ4n) is 4.80. The first-order valence-corrected chi connectivity index (χ1v) is 13.6. The Morgan fingerprint density at radius 3 is 2.62 bits per heavy atom. The van der Waals surface area contributed by atoms with E-state index in [0.717, 1.165) is 47.5 Å². The van der Waals surface area contributed by atoms with E-state index in [9.17, 15) is 9.59 Å². The number of fused-ring (bicyclic) bond motifs is 2. The molecule has 39 heavy (non-hydrogen) atoms. The van der Waals surface area contributed by atoms with E-state index in [4.69, 9.17) is 14.2 Å². The maximum Gasteiger partial charge on any atom is 0.251 e. The predicted octanol–water partition coefficient (Wildman–Crippen LogP) is 4.07. The topological polar surface area (TPSA) is 89.1 Å². The number of carbonyl (C=O) groups is 2. The summed E-state index contributed by atoms with van der Waals surface area (Å²) in [6, 6.07) is 21.6. The van der Waals surface area contributed by atoms with Gasteiger partial charge in [0.25, 0.3) is 5.91 Å². The lowest BCUT2D eigenvalue weighted by atomic mass is 10.1. The number of ether oxygens (including phenoxy) is 3. The van der Waals surface area contributed by atoms with E-state index in [1.165, 1.54) is 0 Å². The van der Waals surface area contributed by atoms with Gasteiger partial charge in [-0.25, -0.2) is 0 Å². The molecule has 0 bridgehead atoms. The lowest BCUT2D eigenvalue weighted by Crippen LogP contribution is -2.37. The Balaban J connectivity index is 1.27. The molecule has 2 N–H and O–H groups in total. The van der Waals surface area contributed by atoms with Crippen LogP contribution in [-0.4, -0.2) is 49.7 Å². The zero-order valence-electron chi connectivity index (χ0n) is 22.1. The summed E-state index contributed by atoms with van der Waals surface area (Å²) in [4.78, 5) is 27.8. The van der Waals surface area contributed by atoms with E-state index in [1.807, 2.05) is 54.6 Å². The van der Waals surface area contributed by atoms with E-state index >= 15 is 0 Å². The van der Waals surface area contributed by atoms with Crippen molar-refractivity contribution in [1.82, 2.24) is 15.5 Å². The van der Waals surface area contributed by atoms with Gasteiger partial charge in [0.2, 0.25) is 12.7 Å². The summed E-state index contributed by atoms with van der Waals surface area (Å²) in [5, 5.41) is 6.06. The Morgan fingerprint density at radius 1 is 0.846 bits per heavy atom. The van der Waals surface area contributed by atoms with Gasteiger partial charge in [-0.2, -0.15) is 0 Å². The molecular weight excluding hydrogens is 494 g/mol. The highest BCUT2D eigenvalue weighted by Crippen LogP contribution is 2.32. The fraction of sp³-hybridized carbons (Fsp3) is 0.355. The van der Waals surface area contributed by atoms with Crippen molar-refractivity contribution in [3.8, 4) is 17.2 Å². The molecule has 0 spiro atoms. The number of hydrogen-bond acceptors (Lipinski definition) is 6. The summed E-state index contributed by atoms with van der Waals surface area (Å²) in [7, 11) is 0. The molecule has 0 saturated heterocycles. The molecule has 2 heterocycles. The van der Waals surface area contributed by atoms with E-state index in [2.05, 4.69) is 27.7 Å². The number of benzene rings is 3. The SMILES string of the molecule is O=C1CN(Cc2ccccc2)Cc2ccc(C(=O)NCCc3ccc4c(c3)OCO4)cc2OCCCCCN1. The van der Waals surface area contributed by atoms with Crippen LogP contribution in [0.3, 0.4) is 0 Å². The lowest BCUT2D eigenvalue weighted by Gasteiger charge is -2.23. The van der Waals surface area contributed by atoms with Crippen LogP contribution < -0.4 is 24.8 Å². The van der Waals surface area contributed by atoms with Crippen molar-refractivity contribution in [2.45, 2.75) is 38.8 Å². The van der Waals surface area contributed by atoms with Crippen LogP contribution in [0.15, 0.2) is 66.7 Å². The Bertz CT molecular complexity index is 1280. The maximum absolute atomic E-state index is 13.0. The number of carbonyl (C=O) groups excluding carboxylic acids is 2. The summed E-state index contributed by atoms with van der Waals surface area (Å²) >= 11 is 0. The van der Waals surface area contributed by atoms with E-state index < -0.39 is 0 Å². The van der Waals surface area contributed by atoms with E-state index in [1.54, 1.807) is 0 Å². The molecule has 0 aromatic heterocycles. The number of amides is 2. The summed E-state index contributed by atoms with van der Waals surface area (Å²) in [5.41, 5.74) is 3.71. The lowest BCUT2D eigenvalue weighted by molar-refractivity contribution is -0.122. The van der Waals surface area contributed by atoms with Crippen LogP contribution in [0.2, 0.25) is 0 Å². The van der Waals surface area contributed by atoms with Crippen LogP contribution in [0.5, 0.6) is 17.2 Å². The molecule has 2 aliphatic heterocycles. The highest BCUT2D eigenvalue weighted by molar-refractivity contribution is 5.94. The fourth-order valence-corrected chi connectivity index (χ4v) is 4.80. The Kier molecular flexibility index (Phi) is 8.96. The first-order chi connectivity index (χ1) is 19.1. The molecule has 204 valence electrons. The molecule has 0 radical (unpaired) electrons. The van der Waals surface area contributed by atoms with Crippen molar-refractivity contribution >= 4 is 11.8 Å². The largest absolute Gasteiger partial charge is 0.493 e. The molecule has 2 aliphatic rings.